The normalized spacial score (nSPS) is 12.2. The molecule has 0 spiro atoms. The van der Waals surface area contributed by atoms with Crippen LogP contribution in [0.4, 0.5) is 18.9 Å². The Morgan fingerprint density at radius 2 is 1.35 bits per heavy atom. The van der Waals surface area contributed by atoms with Gasteiger partial charge in [-0.05, 0) is 66.3 Å². The Hall–Kier alpha value is -5.49. The summed E-state index contributed by atoms with van der Waals surface area (Å²) in [7, 11) is 0. The lowest BCUT2D eigenvalue weighted by atomic mass is 9.81. The molecule has 0 saturated heterocycles. The van der Waals surface area contributed by atoms with Crippen LogP contribution in [0.15, 0.2) is 97.1 Å². The Morgan fingerprint density at radius 3 is 1.92 bits per heavy atom. The van der Waals surface area contributed by atoms with E-state index in [0.29, 0.717) is 22.3 Å². The highest BCUT2D eigenvalue weighted by molar-refractivity contribution is 6.09. The van der Waals surface area contributed by atoms with Gasteiger partial charge in [-0.1, -0.05) is 86.6 Å². The van der Waals surface area contributed by atoms with Gasteiger partial charge in [0, 0.05) is 16.8 Å². The molecule has 4 rings (SSSR count). The second-order valence-corrected chi connectivity index (χ2v) is 12.2. The van der Waals surface area contributed by atoms with Crippen molar-refractivity contribution in [3.05, 3.63) is 125 Å². The predicted octanol–water partition coefficient (Wildman–Crippen LogP) is 7.46. The van der Waals surface area contributed by atoms with Gasteiger partial charge in [-0.2, -0.15) is 13.2 Å². The summed E-state index contributed by atoms with van der Waals surface area (Å²) < 4.78 is 55.5. The van der Waals surface area contributed by atoms with E-state index in [1.165, 1.54) is 36.4 Å². The van der Waals surface area contributed by atoms with E-state index < -0.39 is 53.7 Å². The van der Waals surface area contributed by atoms with Crippen molar-refractivity contribution < 1.29 is 51.7 Å². The van der Waals surface area contributed by atoms with Gasteiger partial charge in [0.1, 0.15) is 6.61 Å². The molecule has 9 nitrogen and oxygen atoms in total. The number of amides is 1. The van der Waals surface area contributed by atoms with Crippen LogP contribution in [0.5, 0.6) is 0 Å². The number of benzene rings is 4. The number of ether oxygens (including phenoxy) is 3. The molecule has 0 bridgehead atoms. The number of carbonyl (C=O) groups is 4. The van der Waals surface area contributed by atoms with Crippen molar-refractivity contribution in [2.24, 2.45) is 5.92 Å². The molecule has 12 heteroatoms. The Bertz CT molecular complexity index is 1860. The third-order valence-electron chi connectivity index (χ3n) is 8.32. The number of alkyl halides is 3. The van der Waals surface area contributed by atoms with E-state index in [1.54, 1.807) is 76.2 Å². The van der Waals surface area contributed by atoms with Crippen LogP contribution in [0.1, 0.15) is 66.4 Å². The number of carbonyl (C=O) groups excluding carboxylic acids is 4. The van der Waals surface area contributed by atoms with E-state index in [4.69, 9.17) is 14.2 Å². The minimum atomic E-state index is -4.51. The summed E-state index contributed by atoms with van der Waals surface area (Å²) in [6, 6.07) is 23.6. The molecule has 0 aliphatic heterocycles. The van der Waals surface area contributed by atoms with E-state index in [-0.39, 0.29) is 42.4 Å². The first-order chi connectivity index (χ1) is 24.7. The van der Waals surface area contributed by atoms with Gasteiger partial charge in [0.05, 0.1) is 31.3 Å². The molecule has 2 N–H and O–H groups in total. The summed E-state index contributed by atoms with van der Waals surface area (Å²) in [6.45, 7) is 5.93. The summed E-state index contributed by atoms with van der Waals surface area (Å²) in [5, 5.41) is 13.9. The summed E-state index contributed by atoms with van der Waals surface area (Å²) in [4.78, 5) is 53.5. The maximum Gasteiger partial charge on any atom is 0.416 e. The number of esters is 3. The smallest absolute Gasteiger partial charge is 0.416 e. The van der Waals surface area contributed by atoms with Crippen LogP contribution in [0.3, 0.4) is 0 Å². The molecule has 0 aromatic heterocycles. The lowest BCUT2D eigenvalue weighted by molar-refractivity contribution is -0.170. The minimum absolute atomic E-state index is 0.0365. The largest absolute Gasteiger partial charge is 0.465 e. The molecule has 1 atom stereocenters. The molecule has 0 radical (unpaired) electrons. The molecular weight excluding hydrogens is 679 g/mol. The Balaban J connectivity index is 1.59. The molecule has 0 aliphatic carbocycles. The van der Waals surface area contributed by atoms with Crippen LogP contribution in [0, 0.1) is 5.92 Å². The fourth-order valence-corrected chi connectivity index (χ4v) is 5.56. The van der Waals surface area contributed by atoms with E-state index in [1.807, 2.05) is 0 Å². The summed E-state index contributed by atoms with van der Waals surface area (Å²) in [6.07, 6.45) is -5.90. The van der Waals surface area contributed by atoms with Crippen molar-refractivity contribution in [3.63, 3.8) is 0 Å². The molecule has 0 saturated carbocycles. The number of halogens is 3. The summed E-state index contributed by atoms with van der Waals surface area (Å²) in [5.41, 5.74) is -0.730. The predicted molar refractivity (Wildman–Crippen MR) is 187 cm³/mol. The molecule has 0 aliphatic rings. The number of hydrogen-bond acceptors (Lipinski definition) is 8. The average molecular weight is 720 g/mol. The van der Waals surface area contributed by atoms with Crippen LogP contribution in [0.25, 0.3) is 11.1 Å². The number of rotatable bonds is 14. The standard InChI is InChI=1S/C40H40F3NO8/c1-5-50-37(48)39(38(49)51-6-2,28-12-8-7-9-13-28)24-52-34(45)23-26-16-21-33(32(22-26)35(46)25(3)4)44-36(47)31-15-11-10-14-30(31)27-17-19-29(20-18-27)40(41,42)43/h7-22,25,35,46H,5-6,23-24H2,1-4H3,(H,44,47). The van der Waals surface area contributed by atoms with Crippen LogP contribution in [0.2, 0.25) is 0 Å². The van der Waals surface area contributed by atoms with E-state index in [0.717, 1.165) is 12.1 Å². The van der Waals surface area contributed by atoms with Crippen LogP contribution in [-0.2, 0) is 46.6 Å². The zero-order chi connectivity index (χ0) is 38.1. The van der Waals surface area contributed by atoms with Gasteiger partial charge in [-0.25, -0.2) is 0 Å². The van der Waals surface area contributed by atoms with Gasteiger partial charge >= 0.3 is 24.1 Å². The number of nitrogens with one attached hydrogen (secondary N) is 1. The SMILES string of the molecule is CCOC(=O)C(COC(=O)Cc1ccc(NC(=O)c2ccccc2-c2ccc(C(F)(F)F)cc2)c(C(O)C(C)C)c1)(C(=O)OCC)c1ccccc1. The van der Waals surface area contributed by atoms with Gasteiger partial charge in [0.25, 0.3) is 5.91 Å². The molecule has 52 heavy (non-hydrogen) atoms. The first-order valence-corrected chi connectivity index (χ1v) is 16.7. The van der Waals surface area contributed by atoms with Crippen molar-refractivity contribution in [1.82, 2.24) is 0 Å². The van der Waals surface area contributed by atoms with Gasteiger partial charge in [0.15, 0.2) is 0 Å². The van der Waals surface area contributed by atoms with Gasteiger partial charge in [0.2, 0.25) is 5.41 Å². The van der Waals surface area contributed by atoms with Crippen molar-refractivity contribution in [2.75, 3.05) is 25.1 Å². The maximum atomic E-state index is 13.6. The lowest BCUT2D eigenvalue weighted by Gasteiger charge is -2.29. The third kappa shape index (κ3) is 9.05. The zero-order valence-corrected chi connectivity index (χ0v) is 29.2. The topological polar surface area (TPSA) is 128 Å². The molecule has 4 aromatic carbocycles. The fourth-order valence-electron chi connectivity index (χ4n) is 5.56. The van der Waals surface area contributed by atoms with Crippen LogP contribution >= 0.6 is 0 Å². The molecule has 0 heterocycles. The Kier molecular flexibility index (Phi) is 13.0. The first kappa shape index (κ1) is 39.3. The average Bonchev–Trinajstić information content (AvgIpc) is 3.12. The van der Waals surface area contributed by atoms with Crippen molar-refractivity contribution in [2.45, 2.75) is 51.8 Å². The lowest BCUT2D eigenvalue weighted by Crippen LogP contribution is -2.50. The zero-order valence-electron chi connectivity index (χ0n) is 29.2. The maximum absolute atomic E-state index is 13.6. The van der Waals surface area contributed by atoms with E-state index in [9.17, 15) is 37.5 Å². The minimum Gasteiger partial charge on any atom is -0.465 e. The van der Waals surface area contributed by atoms with Crippen LogP contribution < -0.4 is 5.32 Å². The highest BCUT2D eigenvalue weighted by Crippen LogP contribution is 2.34. The van der Waals surface area contributed by atoms with Gasteiger partial charge in [-0.15, -0.1) is 0 Å². The second-order valence-electron chi connectivity index (χ2n) is 12.2. The number of aliphatic hydroxyl groups is 1. The highest BCUT2D eigenvalue weighted by Gasteiger charge is 2.52. The van der Waals surface area contributed by atoms with E-state index in [2.05, 4.69) is 5.32 Å². The molecule has 1 amide bonds. The summed E-state index contributed by atoms with van der Waals surface area (Å²) >= 11 is 0. The molecule has 0 fully saturated rings. The van der Waals surface area contributed by atoms with Crippen molar-refractivity contribution in [1.29, 1.82) is 0 Å². The number of anilines is 1. The van der Waals surface area contributed by atoms with Gasteiger partial charge < -0.3 is 24.6 Å². The van der Waals surface area contributed by atoms with Crippen molar-refractivity contribution >= 4 is 29.5 Å². The Labute approximate surface area is 299 Å². The second kappa shape index (κ2) is 17.1. The Morgan fingerprint density at radius 1 is 0.750 bits per heavy atom. The molecule has 274 valence electrons. The molecule has 1 unspecified atom stereocenters. The van der Waals surface area contributed by atoms with Crippen LogP contribution in [-0.4, -0.2) is 48.7 Å². The van der Waals surface area contributed by atoms with Crippen molar-refractivity contribution in [3.8, 4) is 11.1 Å². The monoisotopic (exact) mass is 719 g/mol. The van der Waals surface area contributed by atoms with E-state index >= 15 is 0 Å². The quantitative estimate of drug-likeness (QED) is 0.0781. The fraction of sp³-hybridized carbons (Fsp3) is 0.300. The third-order valence-corrected chi connectivity index (χ3v) is 8.32. The number of aliphatic hydroxyl groups excluding tert-OH is 1. The number of hydrogen-bond donors (Lipinski definition) is 2. The summed E-state index contributed by atoms with van der Waals surface area (Å²) in [5.74, 6) is -3.54. The molecule has 4 aromatic rings. The highest BCUT2D eigenvalue weighted by atomic mass is 19.4. The molecular formula is C40H40F3NO8. The first-order valence-electron chi connectivity index (χ1n) is 16.7. The van der Waals surface area contributed by atoms with Gasteiger partial charge in [-0.3, -0.25) is 19.2 Å².